The zero-order valence-corrected chi connectivity index (χ0v) is 12.9. The van der Waals surface area contributed by atoms with Crippen LogP contribution in [0.2, 0.25) is 12.1 Å². The summed E-state index contributed by atoms with van der Waals surface area (Å²) in [5, 5.41) is 1.31. The fraction of sp³-hybridized carbons (Fsp3) is 0.400. The van der Waals surface area contributed by atoms with E-state index in [-0.39, 0.29) is 0 Å². The number of carbonyl (C=O) groups excluding carboxylic acids is 1. The van der Waals surface area contributed by atoms with Crippen LogP contribution in [0.4, 0.5) is 0 Å². The third-order valence-corrected chi connectivity index (χ3v) is 8.39. The first-order valence-electron chi connectivity index (χ1n) is 6.71. The first kappa shape index (κ1) is 15.7. The molecule has 104 valence electrons. The second-order valence-corrected chi connectivity index (χ2v) is 9.13. The van der Waals surface area contributed by atoms with E-state index in [1.54, 1.807) is 19.1 Å². The maximum absolute atomic E-state index is 11.6. The quantitative estimate of drug-likeness (QED) is 0.436. The number of hydrogen-bond acceptors (Lipinski definition) is 3. The van der Waals surface area contributed by atoms with E-state index in [2.05, 4.69) is 35.9 Å². The molecule has 0 amide bonds. The van der Waals surface area contributed by atoms with E-state index in [1.807, 2.05) is 12.1 Å². The predicted octanol–water partition coefficient (Wildman–Crippen LogP) is 3.22. The monoisotopic (exact) mass is 278 g/mol. The molecule has 0 aliphatic rings. The lowest BCUT2D eigenvalue weighted by Crippen LogP contribution is -2.44. The van der Waals surface area contributed by atoms with E-state index < -0.39 is 14.0 Å². The Morgan fingerprint density at radius 2 is 1.79 bits per heavy atom. The average molecular weight is 278 g/mol. The van der Waals surface area contributed by atoms with Crippen LogP contribution in [-0.4, -0.2) is 20.7 Å². The molecular weight excluding hydrogens is 256 g/mol. The standard InChI is InChI=1S/C15H22O3Si/c1-5-17-18-15(16)13-9-11-14(12-10-13)19(6-2,7-3)8-4/h6,9-12H,2,5,7-8H2,1,3-4H3. The van der Waals surface area contributed by atoms with Crippen LogP contribution in [0.25, 0.3) is 0 Å². The summed E-state index contributed by atoms with van der Waals surface area (Å²) in [6.07, 6.45) is 0. The molecule has 0 aliphatic carbocycles. The van der Waals surface area contributed by atoms with Gasteiger partial charge < -0.3 is 0 Å². The second-order valence-electron chi connectivity index (χ2n) is 4.42. The normalized spacial score (nSPS) is 11.1. The van der Waals surface area contributed by atoms with Gasteiger partial charge >= 0.3 is 5.97 Å². The minimum atomic E-state index is -1.60. The Bertz CT molecular complexity index is 422. The molecule has 0 saturated carbocycles. The smallest absolute Gasteiger partial charge is 0.293 e. The number of benzene rings is 1. The molecule has 0 radical (unpaired) electrons. The van der Waals surface area contributed by atoms with Crippen LogP contribution in [0.3, 0.4) is 0 Å². The van der Waals surface area contributed by atoms with Crippen LogP contribution in [0.1, 0.15) is 31.1 Å². The zero-order chi connectivity index (χ0) is 14.3. The predicted molar refractivity (Wildman–Crippen MR) is 80.0 cm³/mol. The van der Waals surface area contributed by atoms with E-state index in [1.165, 1.54) is 5.19 Å². The Kier molecular flexibility index (Phi) is 5.98. The summed E-state index contributed by atoms with van der Waals surface area (Å²) < 4.78 is 0. The molecule has 1 aromatic carbocycles. The summed E-state index contributed by atoms with van der Waals surface area (Å²) >= 11 is 0. The summed E-state index contributed by atoms with van der Waals surface area (Å²) in [5.74, 6) is -0.452. The van der Waals surface area contributed by atoms with Crippen molar-refractivity contribution in [1.29, 1.82) is 0 Å². The lowest BCUT2D eigenvalue weighted by molar-refractivity contribution is -0.236. The van der Waals surface area contributed by atoms with Gasteiger partial charge in [-0.1, -0.05) is 49.0 Å². The van der Waals surface area contributed by atoms with Gasteiger partial charge in [-0.05, 0) is 19.1 Å². The molecule has 0 bridgehead atoms. The fourth-order valence-corrected chi connectivity index (χ4v) is 5.12. The van der Waals surface area contributed by atoms with Gasteiger partial charge in [0.25, 0.3) is 0 Å². The molecule has 0 saturated heterocycles. The second kappa shape index (κ2) is 7.26. The molecule has 0 aliphatic heterocycles. The van der Waals surface area contributed by atoms with Crippen molar-refractivity contribution in [2.24, 2.45) is 0 Å². The van der Waals surface area contributed by atoms with Crippen LogP contribution < -0.4 is 5.19 Å². The Hall–Kier alpha value is -1.39. The van der Waals surface area contributed by atoms with E-state index in [4.69, 9.17) is 0 Å². The van der Waals surface area contributed by atoms with Crippen molar-refractivity contribution in [3.8, 4) is 0 Å². The molecule has 0 N–H and O–H groups in total. The first-order chi connectivity index (χ1) is 9.13. The average Bonchev–Trinajstić information content (AvgIpc) is 2.48. The highest BCUT2D eigenvalue weighted by Gasteiger charge is 2.27. The first-order valence-corrected chi connectivity index (χ1v) is 9.20. The molecule has 1 aromatic rings. The third kappa shape index (κ3) is 3.55. The van der Waals surface area contributed by atoms with Gasteiger partial charge in [0, 0.05) is 0 Å². The van der Waals surface area contributed by atoms with Gasteiger partial charge in [0.1, 0.15) is 8.07 Å². The van der Waals surface area contributed by atoms with Crippen LogP contribution in [0.15, 0.2) is 36.5 Å². The van der Waals surface area contributed by atoms with Crippen molar-refractivity contribution in [2.45, 2.75) is 32.9 Å². The van der Waals surface area contributed by atoms with Gasteiger partial charge in [0.05, 0.1) is 12.2 Å². The van der Waals surface area contributed by atoms with Crippen molar-refractivity contribution >= 4 is 19.2 Å². The van der Waals surface area contributed by atoms with Gasteiger partial charge in [0.15, 0.2) is 0 Å². The summed E-state index contributed by atoms with van der Waals surface area (Å²) in [6.45, 7) is 10.5. The highest BCUT2D eigenvalue weighted by atomic mass is 28.3. The molecule has 0 heterocycles. The Morgan fingerprint density at radius 3 is 2.21 bits per heavy atom. The van der Waals surface area contributed by atoms with Crippen LogP contribution >= 0.6 is 0 Å². The Morgan fingerprint density at radius 1 is 1.21 bits per heavy atom. The molecule has 4 heteroatoms. The van der Waals surface area contributed by atoms with Crippen molar-refractivity contribution in [2.75, 3.05) is 6.61 Å². The van der Waals surface area contributed by atoms with E-state index in [0.29, 0.717) is 12.2 Å². The minimum Gasteiger partial charge on any atom is -0.293 e. The molecule has 3 nitrogen and oxygen atoms in total. The topological polar surface area (TPSA) is 35.5 Å². The maximum atomic E-state index is 11.6. The van der Waals surface area contributed by atoms with Gasteiger partial charge in [-0.25, -0.2) is 4.79 Å². The molecule has 0 spiro atoms. The summed E-state index contributed by atoms with van der Waals surface area (Å²) in [7, 11) is -1.60. The number of carbonyl (C=O) groups is 1. The lowest BCUT2D eigenvalue weighted by Gasteiger charge is -2.25. The largest absolute Gasteiger partial charge is 0.373 e. The molecule has 1 rings (SSSR count). The molecule has 0 unspecified atom stereocenters. The zero-order valence-electron chi connectivity index (χ0n) is 11.9. The van der Waals surface area contributed by atoms with E-state index in [9.17, 15) is 4.79 Å². The van der Waals surface area contributed by atoms with Crippen LogP contribution in [-0.2, 0) is 9.78 Å². The molecule has 0 atom stereocenters. The Labute approximate surface area is 116 Å². The molecule has 0 aromatic heterocycles. The van der Waals surface area contributed by atoms with Gasteiger partial charge in [0.2, 0.25) is 0 Å². The van der Waals surface area contributed by atoms with Crippen LogP contribution in [0, 0.1) is 0 Å². The van der Waals surface area contributed by atoms with Crippen LogP contribution in [0.5, 0.6) is 0 Å². The summed E-state index contributed by atoms with van der Waals surface area (Å²) in [6, 6.07) is 9.87. The summed E-state index contributed by atoms with van der Waals surface area (Å²) in [5.41, 5.74) is 2.64. The maximum Gasteiger partial charge on any atom is 0.373 e. The minimum absolute atomic E-state index is 0.349. The molecule has 19 heavy (non-hydrogen) atoms. The number of rotatable bonds is 7. The summed E-state index contributed by atoms with van der Waals surface area (Å²) in [4.78, 5) is 20.9. The van der Waals surface area contributed by atoms with Crippen molar-refractivity contribution in [3.05, 3.63) is 42.1 Å². The lowest BCUT2D eigenvalue weighted by atomic mass is 10.2. The van der Waals surface area contributed by atoms with Gasteiger partial charge in [-0.3, -0.25) is 4.89 Å². The van der Waals surface area contributed by atoms with Gasteiger partial charge in [-0.15, -0.1) is 6.58 Å². The molecular formula is C15H22O3Si. The highest BCUT2D eigenvalue weighted by molar-refractivity contribution is 6.95. The Balaban J connectivity index is 2.92. The SMILES string of the molecule is C=C[Si](CC)(CC)c1ccc(C(=O)OOCC)cc1. The van der Waals surface area contributed by atoms with Crippen molar-refractivity contribution in [1.82, 2.24) is 0 Å². The van der Waals surface area contributed by atoms with Crippen molar-refractivity contribution in [3.63, 3.8) is 0 Å². The van der Waals surface area contributed by atoms with Crippen molar-refractivity contribution < 1.29 is 14.6 Å². The fourth-order valence-electron chi connectivity index (χ4n) is 2.16. The highest BCUT2D eigenvalue weighted by Crippen LogP contribution is 2.17. The van der Waals surface area contributed by atoms with E-state index in [0.717, 1.165) is 12.1 Å². The number of hydrogen-bond donors (Lipinski definition) is 0. The molecule has 0 fully saturated rings. The van der Waals surface area contributed by atoms with E-state index >= 15 is 0 Å². The third-order valence-electron chi connectivity index (χ3n) is 3.60. The van der Waals surface area contributed by atoms with Gasteiger partial charge in [-0.2, -0.15) is 4.89 Å².